The van der Waals surface area contributed by atoms with Gasteiger partial charge >= 0.3 is 143 Å². The molecule has 2 rings (SSSR count). The zero-order valence-corrected chi connectivity index (χ0v) is 15.3. The van der Waals surface area contributed by atoms with Crippen molar-refractivity contribution in [1.29, 1.82) is 0 Å². The number of nitrogens with zero attached hydrogens (tertiary/aromatic N) is 2. The van der Waals surface area contributed by atoms with Crippen molar-refractivity contribution >= 4 is 41.1 Å². The van der Waals surface area contributed by atoms with Gasteiger partial charge in [0.25, 0.3) is 0 Å². The van der Waals surface area contributed by atoms with Crippen LogP contribution in [0.25, 0.3) is 0 Å². The fourth-order valence-corrected chi connectivity index (χ4v) is 5.09. The van der Waals surface area contributed by atoms with E-state index >= 15 is 0 Å². The second kappa shape index (κ2) is 7.02. The molecule has 2 aromatic rings. The molecule has 2 heterocycles. The number of sulfonamides is 1. The third kappa shape index (κ3) is 4.12. The van der Waals surface area contributed by atoms with E-state index in [0.29, 0.717) is 5.69 Å². The van der Waals surface area contributed by atoms with Gasteiger partial charge in [0.1, 0.15) is 0 Å². The van der Waals surface area contributed by atoms with Crippen molar-refractivity contribution < 1.29 is 32.3 Å². The van der Waals surface area contributed by atoms with Gasteiger partial charge in [-0.25, -0.2) is 0 Å². The maximum absolute atomic E-state index is 12.1. The fourth-order valence-electron chi connectivity index (χ4n) is 1.65. The van der Waals surface area contributed by atoms with Gasteiger partial charge in [-0.2, -0.15) is 0 Å². The topological polar surface area (TPSA) is 149 Å². The molecule has 0 bridgehead atoms. The van der Waals surface area contributed by atoms with Gasteiger partial charge in [0.2, 0.25) is 0 Å². The molecule has 10 nitrogen and oxygen atoms in total. The van der Waals surface area contributed by atoms with Crippen molar-refractivity contribution in [1.82, 2.24) is 14.7 Å². The summed E-state index contributed by atoms with van der Waals surface area (Å²) >= 11 is -1.71. The van der Waals surface area contributed by atoms with Gasteiger partial charge < -0.3 is 0 Å². The number of carbonyl (C=O) groups is 2. The third-order valence-electron chi connectivity index (χ3n) is 2.64. The van der Waals surface area contributed by atoms with Crippen molar-refractivity contribution in [3.63, 3.8) is 0 Å². The van der Waals surface area contributed by atoms with Gasteiger partial charge in [0.05, 0.1) is 0 Å². The Balaban J connectivity index is 2.18. The zero-order chi connectivity index (χ0) is 17.9. The van der Waals surface area contributed by atoms with E-state index in [4.69, 9.17) is 9.84 Å². The molecule has 2 aromatic heterocycles. The number of amides is 1. The van der Waals surface area contributed by atoms with Crippen molar-refractivity contribution in [2.45, 2.75) is 11.8 Å². The van der Waals surface area contributed by atoms with Crippen molar-refractivity contribution in [2.75, 3.05) is 7.11 Å². The summed E-state index contributed by atoms with van der Waals surface area (Å²) in [4.78, 5) is 30.3. The molecule has 0 aliphatic heterocycles. The Morgan fingerprint density at radius 1 is 1.33 bits per heavy atom. The molecule has 0 spiro atoms. The minimum absolute atomic E-state index is 0.185. The number of methoxy groups -OCH3 is 1. The minimum atomic E-state index is -4.37. The van der Waals surface area contributed by atoms with Crippen LogP contribution < -0.4 is 14.1 Å². The first-order valence-corrected chi connectivity index (χ1v) is 9.84. The number of carbonyl (C=O) groups excluding carboxylic acids is 1. The van der Waals surface area contributed by atoms with Crippen LogP contribution in [0.15, 0.2) is 27.9 Å². The SMILES string of the molecule is COc1cc(C)nc([AsH]C(=O)NS(=O)(=O)c2cocc2C(=O)O)n1. The fraction of sp³-hybridized carbons (Fsp3) is 0.167. The predicted molar refractivity (Wildman–Crippen MR) is 81.5 cm³/mol. The quantitative estimate of drug-likeness (QED) is 0.579. The van der Waals surface area contributed by atoms with Gasteiger partial charge in [0, 0.05) is 0 Å². The monoisotopic (exact) mass is 417 g/mol. The van der Waals surface area contributed by atoms with E-state index in [0.717, 1.165) is 12.5 Å². The van der Waals surface area contributed by atoms with Crippen LogP contribution in [0, 0.1) is 6.92 Å². The Labute approximate surface area is 143 Å². The van der Waals surface area contributed by atoms with E-state index in [1.807, 2.05) is 0 Å². The summed E-state index contributed by atoms with van der Waals surface area (Å²) < 4.78 is 35.0. The van der Waals surface area contributed by atoms with Crippen molar-refractivity contribution in [2.24, 2.45) is 0 Å². The summed E-state index contributed by atoms with van der Waals surface area (Å²) in [5.41, 5.74) is 0.00281. The number of ether oxygens (including phenoxy) is 1. The molecule has 0 aromatic carbocycles. The second-order valence-corrected chi connectivity index (χ2v) is 8.46. The normalized spacial score (nSPS) is 11.6. The first-order chi connectivity index (χ1) is 11.2. The van der Waals surface area contributed by atoms with E-state index in [1.54, 1.807) is 17.7 Å². The van der Waals surface area contributed by atoms with Crippen LogP contribution in [0.5, 0.6) is 5.88 Å². The molecule has 0 aliphatic carbocycles. The number of carboxylic acids is 1. The summed E-state index contributed by atoms with van der Waals surface area (Å²) in [5.74, 6) is -1.22. The number of aromatic nitrogens is 2. The number of hydrogen-bond donors (Lipinski definition) is 2. The third-order valence-corrected chi connectivity index (χ3v) is 6.04. The Hall–Kier alpha value is -2.39. The summed E-state index contributed by atoms with van der Waals surface area (Å²) in [6.07, 6.45) is 1.51. The van der Waals surface area contributed by atoms with Crippen LogP contribution in [0.3, 0.4) is 0 Å². The van der Waals surface area contributed by atoms with Crippen LogP contribution in [0.2, 0.25) is 0 Å². The van der Waals surface area contributed by atoms with Gasteiger partial charge in [-0.15, -0.1) is 0 Å². The molecule has 1 atom stereocenters. The molecular formula is C12H12AsN3O7S. The number of nitrogens with one attached hydrogen (secondary N) is 1. The molecule has 0 saturated carbocycles. The molecule has 1 amide bonds. The van der Waals surface area contributed by atoms with Crippen LogP contribution >= 0.6 is 0 Å². The Morgan fingerprint density at radius 3 is 2.67 bits per heavy atom. The van der Waals surface area contributed by atoms with Crippen LogP contribution in [0.4, 0.5) is 4.79 Å². The Kier molecular flexibility index (Phi) is 5.25. The van der Waals surface area contributed by atoms with Gasteiger partial charge in [-0.1, -0.05) is 0 Å². The van der Waals surface area contributed by atoms with Crippen LogP contribution in [-0.2, 0) is 10.0 Å². The maximum atomic E-state index is 12.1. The second-order valence-electron chi connectivity index (χ2n) is 4.39. The van der Waals surface area contributed by atoms with E-state index < -0.39 is 46.9 Å². The number of rotatable bonds is 6. The zero-order valence-electron chi connectivity index (χ0n) is 12.4. The molecule has 24 heavy (non-hydrogen) atoms. The van der Waals surface area contributed by atoms with E-state index in [1.165, 1.54) is 7.11 Å². The molecule has 128 valence electrons. The molecule has 0 radical (unpaired) electrons. The molecule has 0 fully saturated rings. The van der Waals surface area contributed by atoms with Crippen LogP contribution in [-0.4, -0.2) is 57.0 Å². The summed E-state index contributed by atoms with van der Waals surface area (Å²) in [5, 5.41) is 8.91. The average molecular weight is 417 g/mol. The number of carboxylic acid groups (broad SMARTS) is 1. The number of aryl methyl sites for hydroxylation is 1. The molecular weight excluding hydrogens is 405 g/mol. The summed E-state index contributed by atoms with van der Waals surface area (Å²) in [6.45, 7) is 1.68. The molecule has 2 N–H and O–H groups in total. The van der Waals surface area contributed by atoms with Gasteiger partial charge in [-0.05, 0) is 0 Å². The summed E-state index contributed by atoms with van der Waals surface area (Å²) in [7, 11) is -2.96. The molecule has 1 unspecified atom stereocenters. The molecule has 0 aliphatic rings. The molecule has 0 saturated heterocycles. The van der Waals surface area contributed by atoms with Crippen molar-refractivity contribution in [3.05, 3.63) is 29.9 Å². The standard InChI is InChI=1S/C12H12AsN3O7S/c1-6-3-9(22-2)15-11(14-6)13-12(19)16-24(20,21)8-5-23-4-7(8)10(17)18/h3-5,13H,1-2H3,(H,16,19)(H,17,18). The van der Waals surface area contributed by atoms with Crippen molar-refractivity contribution in [3.8, 4) is 5.88 Å². The summed E-state index contributed by atoms with van der Waals surface area (Å²) in [6, 6.07) is 1.56. The Bertz CT molecular complexity index is 894. The number of hydrogen-bond acceptors (Lipinski definition) is 8. The van der Waals surface area contributed by atoms with Crippen LogP contribution in [0.1, 0.15) is 16.1 Å². The predicted octanol–water partition coefficient (Wildman–Crippen LogP) is -0.755. The van der Waals surface area contributed by atoms with E-state index in [2.05, 4.69) is 14.4 Å². The molecule has 12 heteroatoms. The average Bonchev–Trinajstić information content (AvgIpc) is 2.96. The number of furan rings is 1. The van der Waals surface area contributed by atoms with Gasteiger partial charge in [0.15, 0.2) is 0 Å². The first-order valence-electron chi connectivity index (χ1n) is 6.26. The number of aromatic carboxylic acids is 1. The van der Waals surface area contributed by atoms with E-state index in [9.17, 15) is 18.0 Å². The Morgan fingerprint density at radius 2 is 2.04 bits per heavy atom. The first kappa shape index (κ1) is 18.0. The van der Waals surface area contributed by atoms with E-state index in [-0.39, 0.29) is 10.5 Å². The van der Waals surface area contributed by atoms with Gasteiger partial charge in [-0.3, -0.25) is 0 Å².